The lowest BCUT2D eigenvalue weighted by Crippen LogP contribution is -2.03. The first-order valence-corrected chi connectivity index (χ1v) is 6.64. The minimum absolute atomic E-state index is 0.463. The molecule has 0 saturated heterocycles. The number of rotatable bonds is 6. The third kappa shape index (κ3) is 3.86. The van der Waals surface area contributed by atoms with Crippen molar-refractivity contribution in [1.29, 1.82) is 0 Å². The molecule has 0 amide bonds. The first-order valence-electron chi connectivity index (χ1n) is 6.64. The summed E-state index contributed by atoms with van der Waals surface area (Å²) in [5, 5.41) is 3.05. The van der Waals surface area contributed by atoms with Gasteiger partial charge in [0.15, 0.2) is 0 Å². The lowest BCUT2D eigenvalue weighted by Gasteiger charge is -2.07. The van der Waals surface area contributed by atoms with E-state index >= 15 is 0 Å². The van der Waals surface area contributed by atoms with Crippen LogP contribution in [0.15, 0.2) is 40.8 Å². The van der Waals surface area contributed by atoms with Gasteiger partial charge in [-0.2, -0.15) is 0 Å². The molecule has 3 nitrogen and oxygen atoms in total. The molecular weight excluding hydrogens is 238 g/mol. The highest BCUT2D eigenvalue weighted by Crippen LogP contribution is 2.19. The van der Waals surface area contributed by atoms with Crippen LogP contribution in [0, 0.1) is 0 Å². The third-order valence-corrected chi connectivity index (χ3v) is 3.00. The summed E-state index contributed by atoms with van der Waals surface area (Å²) in [4.78, 5) is 0. The molecule has 2 rings (SSSR count). The number of hydrogen-bond donors (Lipinski definition) is 1. The molecule has 0 unspecified atom stereocenters. The second-order valence-corrected chi connectivity index (χ2v) is 4.91. The highest BCUT2D eigenvalue weighted by molar-refractivity contribution is 5.29. The molecule has 2 aromatic rings. The summed E-state index contributed by atoms with van der Waals surface area (Å²) in [6, 6.07) is 12.1. The number of hydrogen-bond acceptors (Lipinski definition) is 3. The summed E-state index contributed by atoms with van der Waals surface area (Å²) < 4.78 is 11.3. The maximum Gasteiger partial charge on any atom is 0.146 e. The van der Waals surface area contributed by atoms with E-state index in [-0.39, 0.29) is 0 Å². The fourth-order valence-corrected chi connectivity index (χ4v) is 1.87. The van der Waals surface area contributed by atoms with Crippen LogP contribution in [-0.4, -0.2) is 7.05 Å². The minimum atomic E-state index is 0.463. The van der Waals surface area contributed by atoms with E-state index < -0.39 is 0 Å². The quantitative estimate of drug-likeness (QED) is 0.859. The van der Waals surface area contributed by atoms with Gasteiger partial charge in [0.2, 0.25) is 0 Å². The molecule has 0 fully saturated rings. The molecule has 19 heavy (non-hydrogen) atoms. The van der Waals surface area contributed by atoms with Gasteiger partial charge in [-0.15, -0.1) is 0 Å². The molecule has 0 radical (unpaired) electrons. The van der Waals surface area contributed by atoms with Crippen molar-refractivity contribution >= 4 is 0 Å². The first kappa shape index (κ1) is 13.7. The van der Waals surface area contributed by atoms with Crippen molar-refractivity contribution in [1.82, 2.24) is 5.32 Å². The topological polar surface area (TPSA) is 34.4 Å². The van der Waals surface area contributed by atoms with E-state index in [2.05, 4.69) is 31.3 Å². The highest BCUT2D eigenvalue weighted by atomic mass is 16.5. The number of furan rings is 1. The molecule has 3 heteroatoms. The highest BCUT2D eigenvalue weighted by Gasteiger charge is 2.03. The Kier molecular flexibility index (Phi) is 4.63. The Balaban J connectivity index is 1.90. The van der Waals surface area contributed by atoms with Crippen LogP contribution in [0.25, 0.3) is 0 Å². The van der Waals surface area contributed by atoms with Crippen LogP contribution in [0.5, 0.6) is 5.75 Å². The van der Waals surface area contributed by atoms with Gasteiger partial charge in [0.05, 0.1) is 6.54 Å². The number of ether oxygens (including phenoxy) is 1. The fraction of sp³-hybridized carbons (Fsp3) is 0.375. The summed E-state index contributed by atoms with van der Waals surface area (Å²) in [5.74, 6) is 3.19. The van der Waals surface area contributed by atoms with Gasteiger partial charge in [-0.1, -0.05) is 26.0 Å². The van der Waals surface area contributed by atoms with E-state index in [4.69, 9.17) is 9.15 Å². The molecule has 0 aliphatic carbocycles. The average Bonchev–Trinajstić information content (AvgIpc) is 2.85. The Morgan fingerprint density at radius 3 is 2.37 bits per heavy atom. The van der Waals surface area contributed by atoms with Crippen molar-refractivity contribution in [2.45, 2.75) is 32.9 Å². The molecule has 0 spiro atoms. The molecular formula is C16H21NO2. The SMILES string of the molecule is CNCc1ccc(COc2ccc(C(C)C)cc2)o1. The van der Waals surface area contributed by atoms with Gasteiger partial charge in [0.1, 0.15) is 23.9 Å². The molecule has 1 aromatic heterocycles. The van der Waals surface area contributed by atoms with Gasteiger partial charge in [-0.25, -0.2) is 0 Å². The Bertz CT molecular complexity index is 500. The van der Waals surface area contributed by atoms with Crippen molar-refractivity contribution in [3.05, 3.63) is 53.5 Å². The Hall–Kier alpha value is -1.74. The van der Waals surface area contributed by atoms with E-state index in [0.717, 1.165) is 23.8 Å². The van der Waals surface area contributed by atoms with Crippen molar-refractivity contribution in [3.8, 4) is 5.75 Å². The lowest BCUT2D eigenvalue weighted by atomic mass is 10.0. The van der Waals surface area contributed by atoms with Crippen LogP contribution >= 0.6 is 0 Å². The molecule has 0 aliphatic rings. The monoisotopic (exact) mass is 259 g/mol. The van der Waals surface area contributed by atoms with Crippen molar-refractivity contribution in [3.63, 3.8) is 0 Å². The molecule has 1 aromatic carbocycles. The molecule has 0 aliphatic heterocycles. The fourth-order valence-electron chi connectivity index (χ4n) is 1.87. The van der Waals surface area contributed by atoms with Crippen LogP contribution < -0.4 is 10.1 Å². The second-order valence-electron chi connectivity index (χ2n) is 4.91. The summed E-state index contributed by atoms with van der Waals surface area (Å²) in [6.45, 7) is 5.57. The van der Waals surface area contributed by atoms with Crippen LogP contribution in [0.3, 0.4) is 0 Å². The zero-order valence-corrected chi connectivity index (χ0v) is 11.8. The maximum atomic E-state index is 5.70. The maximum absolute atomic E-state index is 5.70. The van der Waals surface area contributed by atoms with Gasteiger partial charge in [0, 0.05) is 0 Å². The van der Waals surface area contributed by atoms with E-state index in [9.17, 15) is 0 Å². The second kappa shape index (κ2) is 6.43. The van der Waals surface area contributed by atoms with Crippen molar-refractivity contribution in [2.24, 2.45) is 0 Å². The predicted octanol–water partition coefficient (Wildman–Crippen LogP) is 3.70. The first-order chi connectivity index (χ1) is 9.19. The molecule has 102 valence electrons. The zero-order chi connectivity index (χ0) is 13.7. The normalized spacial score (nSPS) is 10.9. The summed E-state index contributed by atoms with van der Waals surface area (Å²) in [5.41, 5.74) is 1.32. The number of nitrogens with one attached hydrogen (secondary N) is 1. The van der Waals surface area contributed by atoms with Crippen LogP contribution in [0.1, 0.15) is 36.8 Å². The van der Waals surface area contributed by atoms with Gasteiger partial charge in [-0.05, 0) is 42.8 Å². The van der Waals surface area contributed by atoms with Gasteiger partial charge >= 0.3 is 0 Å². The van der Waals surface area contributed by atoms with Gasteiger partial charge in [0.25, 0.3) is 0 Å². The Morgan fingerprint density at radius 1 is 1.05 bits per heavy atom. The largest absolute Gasteiger partial charge is 0.486 e. The van der Waals surface area contributed by atoms with E-state index in [0.29, 0.717) is 12.5 Å². The molecule has 1 heterocycles. The van der Waals surface area contributed by atoms with E-state index in [1.165, 1.54) is 5.56 Å². The van der Waals surface area contributed by atoms with Gasteiger partial charge < -0.3 is 14.5 Å². The molecule has 1 N–H and O–H groups in total. The minimum Gasteiger partial charge on any atom is -0.486 e. The molecule has 0 atom stereocenters. The summed E-state index contributed by atoms with van der Waals surface area (Å²) in [7, 11) is 1.90. The van der Waals surface area contributed by atoms with Gasteiger partial charge in [-0.3, -0.25) is 0 Å². The summed E-state index contributed by atoms with van der Waals surface area (Å²) in [6.07, 6.45) is 0. The van der Waals surface area contributed by atoms with Crippen LogP contribution in [0.2, 0.25) is 0 Å². The van der Waals surface area contributed by atoms with E-state index in [1.54, 1.807) is 0 Å². The third-order valence-electron chi connectivity index (χ3n) is 3.00. The molecule has 0 bridgehead atoms. The lowest BCUT2D eigenvalue weighted by molar-refractivity contribution is 0.265. The van der Waals surface area contributed by atoms with Crippen LogP contribution in [-0.2, 0) is 13.2 Å². The van der Waals surface area contributed by atoms with Crippen LogP contribution in [0.4, 0.5) is 0 Å². The summed E-state index contributed by atoms with van der Waals surface area (Å²) >= 11 is 0. The standard InChI is InChI=1S/C16H21NO2/c1-12(2)13-4-6-14(7-5-13)18-11-16-9-8-15(19-16)10-17-3/h4-9,12,17H,10-11H2,1-3H3. The van der Waals surface area contributed by atoms with Crippen molar-refractivity contribution in [2.75, 3.05) is 7.05 Å². The average molecular weight is 259 g/mol. The Labute approximate surface area is 114 Å². The molecule has 0 saturated carbocycles. The number of benzene rings is 1. The smallest absolute Gasteiger partial charge is 0.146 e. The van der Waals surface area contributed by atoms with Crippen molar-refractivity contribution < 1.29 is 9.15 Å². The predicted molar refractivity (Wildman–Crippen MR) is 76.3 cm³/mol. The Morgan fingerprint density at radius 2 is 1.74 bits per heavy atom. The zero-order valence-electron chi connectivity index (χ0n) is 11.8. The van der Waals surface area contributed by atoms with E-state index in [1.807, 2.05) is 31.3 Å².